The quantitative estimate of drug-likeness (QED) is 0.736. The Bertz CT molecular complexity index is 313. The Balaban J connectivity index is 1.92. The van der Waals surface area contributed by atoms with Crippen molar-refractivity contribution in [3.63, 3.8) is 0 Å². The Morgan fingerprint density at radius 2 is 1.89 bits per heavy atom. The number of rotatable bonds is 3. The van der Waals surface area contributed by atoms with Gasteiger partial charge in [-0.2, -0.15) is 0 Å². The first kappa shape index (κ1) is 14.8. The smallest absolute Gasteiger partial charge is 0.335 e. The zero-order valence-corrected chi connectivity index (χ0v) is 12.7. The predicted molar refractivity (Wildman–Crippen MR) is 74.7 cm³/mol. The normalized spacial score (nSPS) is 39.5. The second-order valence-corrected chi connectivity index (χ2v) is 6.96. The highest BCUT2D eigenvalue weighted by atomic mass is 16.6. The Morgan fingerprint density at radius 3 is 2.47 bits per heavy atom. The molecule has 2 rings (SSSR count). The highest BCUT2D eigenvalue weighted by molar-refractivity contribution is 5.75. The second kappa shape index (κ2) is 6.25. The van der Waals surface area contributed by atoms with E-state index in [9.17, 15) is 4.79 Å². The van der Waals surface area contributed by atoms with Gasteiger partial charge in [0, 0.05) is 0 Å². The average molecular weight is 268 g/mol. The lowest BCUT2D eigenvalue weighted by Gasteiger charge is -2.37. The molecule has 3 heteroatoms. The molecule has 0 aromatic rings. The molecule has 2 fully saturated rings. The maximum Gasteiger partial charge on any atom is 0.335 e. The molecule has 0 aromatic heterocycles. The second-order valence-electron chi connectivity index (χ2n) is 6.96. The molecule has 5 atom stereocenters. The minimum Gasteiger partial charge on any atom is -0.460 e. The van der Waals surface area contributed by atoms with Crippen LogP contribution in [-0.4, -0.2) is 24.8 Å². The van der Waals surface area contributed by atoms with Crippen molar-refractivity contribution >= 4 is 5.97 Å². The summed E-state index contributed by atoms with van der Waals surface area (Å²) in [6.45, 7) is 9.53. The highest BCUT2D eigenvalue weighted by Crippen LogP contribution is 2.36. The minimum absolute atomic E-state index is 0.0933. The van der Waals surface area contributed by atoms with E-state index in [4.69, 9.17) is 9.47 Å². The summed E-state index contributed by atoms with van der Waals surface area (Å²) in [4.78, 5) is 12.2. The van der Waals surface area contributed by atoms with E-state index in [-0.39, 0.29) is 18.2 Å². The summed E-state index contributed by atoms with van der Waals surface area (Å²) in [7, 11) is 0. The maximum atomic E-state index is 12.2. The van der Waals surface area contributed by atoms with Gasteiger partial charge in [0.1, 0.15) is 6.10 Å². The van der Waals surface area contributed by atoms with Crippen molar-refractivity contribution in [3.05, 3.63) is 0 Å². The highest BCUT2D eigenvalue weighted by Gasteiger charge is 2.36. The molecule has 1 aliphatic carbocycles. The van der Waals surface area contributed by atoms with Gasteiger partial charge in [0.15, 0.2) is 6.10 Å². The lowest BCUT2D eigenvalue weighted by atomic mass is 9.75. The summed E-state index contributed by atoms with van der Waals surface area (Å²) in [6.07, 6.45) is 4.03. The first-order chi connectivity index (χ1) is 8.97. The van der Waals surface area contributed by atoms with Crippen LogP contribution in [0, 0.1) is 23.7 Å². The number of carbonyl (C=O) groups is 1. The number of esters is 1. The van der Waals surface area contributed by atoms with Crippen LogP contribution >= 0.6 is 0 Å². The van der Waals surface area contributed by atoms with Gasteiger partial charge < -0.3 is 9.47 Å². The molecule has 110 valence electrons. The lowest BCUT2D eigenvalue weighted by Crippen LogP contribution is -2.38. The SMILES string of the molecule is CC(C)[C@@H]1CC[C@@H](C)C[C@H]1OC(=O)[C@@H]1C[C@H](C)CO1. The molecule has 3 nitrogen and oxygen atoms in total. The Labute approximate surface area is 117 Å². The summed E-state index contributed by atoms with van der Waals surface area (Å²) >= 11 is 0. The molecular weight excluding hydrogens is 240 g/mol. The van der Waals surface area contributed by atoms with E-state index >= 15 is 0 Å². The van der Waals surface area contributed by atoms with Crippen molar-refractivity contribution in [3.8, 4) is 0 Å². The lowest BCUT2D eigenvalue weighted by molar-refractivity contribution is -0.166. The Morgan fingerprint density at radius 1 is 1.16 bits per heavy atom. The molecule has 1 saturated heterocycles. The number of hydrogen-bond acceptors (Lipinski definition) is 3. The predicted octanol–water partition coefficient (Wildman–Crippen LogP) is 3.42. The van der Waals surface area contributed by atoms with E-state index in [1.807, 2.05) is 0 Å². The molecule has 0 aromatic carbocycles. The Kier molecular flexibility index (Phi) is 4.88. The molecule has 1 saturated carbocycles. The first-order valence-corrected chi connectivity index (χ1v) is 7.79. The summed E-state index contributed by atoms with van der Waals surface area (Å²) < 4.78 is 11.3. The number of ether oxygens (including phenoxy) is 2. The van der Waals surface area contributed by atoms with Crippen LogP contribution in [0.4, 0.5) is 0 Å². The maximum absolute atomic E-state index is 12.2. The van der Waals surface area contributed by atoms with Crippen molar-refractivity contribution in [2.24, 2.45) is 23.7 Å². The molecule has 0 spiro atoms. The van der Waals surface area contributed by atoms with Gasteiger partial charge in [0.25, 0.3) is 0 Å². The van der Waals surface area contributed by atoms with E-state index in [2.05, 4.69) is 27.7 Å². The molecule has 0 bridgehead atoms. The molecule has 0 unspecified atom stereocenters. The zero-order valence-electron chi connectivity index (χ0n) is 12.7. The van der Waals surface area contributed by atoms with Crippen LogP contribution in [0.25, 0.3) is 0 Å². The Hall–Kier alpha value is -0.570. The monoisotopic (exact) mass is 268 g/mol. The summed E-state index contributed by atoms with van der Waals surface area (Å²) in [5.41, 5.74) is 0. The van der Waals surface area contributed by atoms with Crippen molar-refractivity contribution in [2.45, 2.75) is 65.6 Å². The topological polar surface area (TPSA) is 35.5 Å². The first-order valence-electron chi connectivity index (χ1n) is 7.79. The van der Waals surface area contributed by atoms with Crippen molar-refractivity contribution in [1.29, 1.82) is 0 Å². The van der Waals surface area contributed by atoms with Gasteiger partial charge in [0.05, 0.1) is 6.61 Å². The molecule has 1 aliphatic heterocycles. The van der Waals surface area contributed by atoms with E-state index in [1.54, 1.807) is 0 Å². The van der Waals surface area contributed by atoms with Crippen LogP contribution < -0.4 is 0 Å². The fourth-order valence-corrected chi connectivity index (χ4v) is 3.42. The summed E-state index contributed by atoms with van der Waals surface area (Å²) in [5, 5.41) is 0. The average Bonchev–Trinajstić information content (AvgIpc) is 2.75. The van der Waals surface area contributed by atoms with Crippen LogP contribution in [0.15, 0.2) is 0 Å². The van der Waals surface area contributed by atoms with Gasteiger partial charge in [-0.05, 0) is 42.9 Å². The number of carbonyl (C=O) groups excluding carboxylic acids is 1. The van der Waals surface area contributed by atoms with Crippen LogP contribution in [0.5, 0.6) is 0 Å². The molecule has 2 aliphatic rings. The summed E-state index contributed by atoms with van der Waals surface area (Å²) in [6, 6.07) is 0. The van der Waals surface area contributed by atoms with E-state index in [0.29, 0.717) is 30.3 Å². The van der Waals surface area contributed by atoms with Gasteiger partial charge in [-0.3, -0.25) is 0 Å². The molecule has 0 N–H and O–H groups in total. The van der Waals surface area contributed by atoms with Crippen LogP contribution in [-0.2, 0) is 14.3 Å². The van der Waals surface area contributed by atoms with Crippen LogP contribution in [0.2, 0.25) is 0 Å². The van der Waals surface area contributed by atoms with E-state index in [1.165, 1.54) is 12.8 Å². The molecule has 1 heterocycles. The minimum atomic E-state index is -0.319. The molecule has 0 amide bonds. The molecule has 0 radical (unpaired) electrons. The third-order valence-corrected chi connectivity index (χ3v) is 4.69. The molecule has 19 heavy (non-hydrogen) atoms. The summed E-state index contributed by atoms with van der Waals surface area (Å²) in [5.74, 6) is 2.10. The molecular formula is C16H28O3. The zero-order chi connectivity index (χ0) is 14.0. The van der Waals surface area contributed by atoms with Crippen molar-refractivity contribution in [2.75, 3.05) is 6.61 Å². The fraction of sp³-hybridized carbons (Fsp3) is 0.938. The van der Waals surface area contributed by atoms with E-state index < -0.39 is 0 Å². The number of hydrogen-bond donors (Lipinski definition) is 0. The van der Waals surface area contributed by atoms with Gasteiger partial charge in [0.2, 0.25) is 0 Å². The van der Waals surface area contributed by atoms with Gasteiger partial charge >= 0.3 is 5.97 Å². The van der Waals surface area contributed by atoms with E-state index in [0.717, 1.165) is 12.8 Å². The third-order valence-electron chi connectivity index (χ3n) is 4.69. The third kappa shape index (κ3) is 3.71. The van der Waals surface area contributed by atoms with Crippen molar-refractivity contribution < 1.29 is 14.3 Å². The van der Waals surface area contributed by atoms with Gasteiger partial charge in [-0.1, -0.05) is 34.1 Å². The van der Waals surface area contributed by atoms with Crippen LogP contribution in [0.3, 0.4) is 0 Å². The van der Waals surface area contributed by atoms with Crippen molar-refractivity contribution in [1.82, 2.24) is 0 Å². The fourth-order valence-electron chi connectivity index (χ4n) is 3.42. The van der Waals surface area contributed by atoms with Crippen LogP contribution in [0.1, 0.15) is 53.4 Å². The standard InChI is InChI=1S/C16H28O3/c1-10(2)13-6-5-11(3)7-14(13)19-16(17)15-8-12(4)9-18-15/h10-15H,5-9H2,1-4H3/t11-,12+,13+,14-,15+/m1/s1. The van der Waals surface area contributed by atoms with Gasteiger partial charge in [-0.15, -0.1) is 0 Å². The largest absolute Gasteiger partial charge is 0.460 e. The van der Waals surface area contributed by atoms with Gasteiger partial charge in [-0.25, -0.2) is 4.79 Å².